The van der Waals surface area contributed by atoms with Gasteiger partial charge in [-0.3, -0.25) is 0 Å². The summed E-state index contributed by atoms with van der Waals surface area (Å²) in [6.07, 6.45) is 0. The van der Waals surface area contributed by atoms with Gasteiger partial charge in [-0.05, 0) is 78.8 Å². The second kappa shape index (κ2) is 8.82. The van der Waals surface area contributed by atoms with Gasteiger partial charge in [-0.1, -0.05) is 121 Å². The fourth-order valence-corrected chi connectivity index (χ4v) is 7.33. The normalized spacial score (nSPS) is 12.1. The maximum atomic E-state index is 6.68. The topological polar surface area (TPSA) is 26.3 Å². The first-order valence-electron chi connectivity index (χ1n) is 15.0. The van der Waals surface area contributed by atoms with Crippen molar-refractivity contribution < 1.29 is 8.83 Å². The Balaban J connectivity index is 1.44. The van der Waals surface area contributed by atoms with Gasteiger partial charge in [0.2, 0.25) is 0 Å². The summed E-state index contributed by atoms with van der Waals surface area (Å²) in [5.41, 5.74) is 8.15. The molecule has 0 aliphatic rings. The van der Waals surface area contributed by atoms with Crippen LogP contribution in [0.15, 0.2) is 154 Å². The van der Waals surface area contributed by atoms with Crippen molar-refractivity contribution in [3.8, 4) is 22.3 Å². The molecule has 0 atom stereocenters. The molecule has 10 aromatic rings. The third-order valence-electron chi connectivity index (χ3n) is 9.22. The molecule has 44 heavy (non-hydrogen) atoms. The molecule has 2 heterocycles. The van der Waals surface area contributed by atoms with Crippen molar-refractivity contribution in [3.05, 3.63) is 146 Å². The van der Waals surface area contributed by atoms with Gasteiger partial charge in [-0.25, -0.2) is 0 Å². The molecule has 8 aromatic carbocycles. The van der Waals surface area contributed by atoms with Crippen LogP contribution in [0.5, 0.6) is 0 Å². The molecular weight excluding hydrogens is 536 g/mol. The van der Waals surface area contributed by atoms with Crippen LogP contribution < -0.4 is 0 Å². The predicted molar refractivity (Wildman–Crippen MR) is 184 cm³/mol. The minimum absolute atomic E-state index is 0.791. The van der Waals surface area contributed by atoms with Crippen LogP contribution in [0.2, 0.25) is 0 Å². The Hall–Kier alpha value is -5.86. The van der Waals surface area contributed by atoms with Crippen LogP contribution in [0.25, 0.3) is 98.4 Å². The SMILES string of the molecule is c1ccc(-c2c3ccccc3c(-c3cc4c5cc6ccccc6cc5oc4c4oc5ccccc5c34)c3ccccc23)cc1. The van der Waals surface area contributed by atoms with E-state index in [1.54, 1.807) is 0 Å². The largest absolute Gasteiger partial charge is 0.452 e. The molecule has 0 radical (unpaired) electrons. The average molecular weight is 561 g/mol. The molecule has 2 aromatic heterocycles. The molecule has 0 spiro atoms. The fourth-order valence-electron chi connectivity index (χ4n) is 7.33. The minimum atomic E-state index is 0.791. The second-order valence-corrected chi connectivity index (χ2v) is 11.6. The molecule has 0 N–H and O–H groups in total. The number of hydrogen-bond acceptors (Lipinski definition) is 2. The molecular formula is C42H24O2. The van der Waals surface area contributed by atoms with Crippen LogP contribution >= 0.6 is 0 Å². The lowest BCUT2D eigenvalue weighted by Crippen LogP contribution is -1.91. The van der Waals surface area contributed by atoms with Crippen molar-refractivity contribution in [1.82, 2.24) is 0 Å². The molecule has 10 rings (SSSR count). The highest BCUT2D eigenvalue weighted by atomic mass is 16.4. The zero-order valence-electron chi connectivity index (χ0n) is 23.7. The van der Waals surface area contributed by atoms with E-state index in [1.165, 1.54) is 43.6 Å². The summed E-state index contributed by atoms with van der Waals surface area (Å²) in [6, 6.07) is 51.9. The third kappa shape index (κ3) is 3.20. The highest BCUT2D eigenvalue weighted by Gasteiger charge is 2.24. The molecule has 0 fully saturated rings. The number of benzene rings is 8. The zero-order valence-corrected chi connectivity index (χ0v) is 23.7. The lowest BCUT2D eigenvalue weighted by molar-refractivity contribution is 0.633. The highest BCUT2D eigenvalue weighted by Crippen LogP contribution is 2.49. The molecule has 0 aliphatic heterocycles. The van der Waals surface area contributed by atoms with Crippen molar-refractivity contribution in [2.24, 2.45) is 0 Å². The van der Waals surface area contributed by atoms with Crippen LogP contribution in [0.1, 0.15) is 0 Å². The first-order valence-corrected chi connectivity index (χ1v) is 15.0. The van der Waals surface area contributed by atoms with Crippen LogP contribution in [0.4, 0.5) is 0 Å². The van der Waals surface area contributed by atoms with Gasteiger partial charge in [0.25, 0.3) is 0 Å². The number of furan rings is 2. The Morgan fingerprint density at radius 1 is 0.341 bits per heavy atom. The first kappa shape index (κ1) is 23.7. The van der Waals surface area contributed by atoms with E-state index < -0.39 is 0 Å². The van der Waals surface area contributed by atoms with E-state index in [1.807, 2.05) is 6.07 Å². The molecule has 0 unspecified atom stereocenters. The highest BCUT2D eigenvalue weighted by molar-refractivity contribution is 6.30. The summed E-state index contributed by atoms with van der Waals surface area (Å²) in [7, 11) is 0. The van der Waals surface area contributed by atoms with E-state index in [0.717, 1.165) is 54.8 Å². The first-order chi connectivity index (χ1) is 21.8. The van der Waals surface area contributed by atoms with Gasteiger partial charge in [0.05, 0.1) is 0 Å². The summed E-state index contributed by atoms with van der Waals surface area (Å²) in [5, 5.41) is 11.6. The van der Waals surface area contributed by atoms with Crippen LogP contribution in [-0.2, 0) is 0 Å². The number of para-hydroxylation sites is 1. The van der Waals surface area contributed by atoms with Gasteiger partial charge in [0.1, 0.15) is 11.2 Å². The van der Waals surface area contributed by atoms with Crippen LogP contribution in [0, 0.1) is 0 Å². The second-order valence-electron chi connectivity index (χ2n) is 11.6. The maximum Gasteiger partial charge on any atom is 0.179 e. The molecule has 0 saturated heterocycles. The Kier molecular flexibility index (Phi) is 4.75. The van der Waals surface area contributed by atoms with Crippen molar-refractivity contribution in [2.75, 3.05) is 0 Å². The van der Waals surface area contributed by atoms with Gasteiger partial charge in [0.15, 0.2) is 11.2 Å². The predicted octanol–water partition coefficient (Wildman–Crippen LogP) is 12.3. The molecule has 2 heteroatoms. The Morgan fingerprint density at radius 3 is 1.59 bits per heavy atom. The van der Waals surface area contributed by atoms with Crippen LogP contribution in [-0.4, -0.2) is 0 Å². The summed E-state index contributed by atoms with van der Waals surface area (Å²) in [4.78, 5) is 0. The summed E-state index contributed by atoms with van der Waals surface area (Å²) < 4.78 is 13.3. The molecule has 204 valence electrons. The average Bonchev–Trinajstić information content (AvgIpc) is 3.64. The third-order valence-corrected chi connectivity index (χ3v) is 9.22. The smallest absolute Gasteiger partial charge is 0.179 e. The molecule has 2 nitrogen and oxygen atoms in total. The van der Waals surface area contributed by atoms with Crippen molar-refractivity contribution in [2.45, 2.75) is 0 Å². The Morgan fingerprint density at radius 2 is 0.886 bits per heavy atom. The summed E-state index contributed by atoms with van der Waals surface area (Å²) in [6.45, 7) is 0. The maximum absolute atomic E-state index is 6.68. The molecule has 0 amide bonds. The molecule has 0 bridgehead atoms. The van der Waals surface area contributed by atoms with Gasteiger partial charge in [-0.2, -0.15) is 0 Å². The zero-order chi connectivity index (χ0) is 28.8. The Bertz CT molecular complexity index is 2700. The van der Waals surface area contributed by atoms with Gasteiger partial charge in [-0.15, -0.1) is 0 Å². The van der Waals surface area contributed by atoms with E-state index >= 15 is 0 Å². The van der Waals surface area contributed by atoms with Crippen molar-refractivity contribution in [3.63, 3.8) is 0 Å². The van der Waals surface area contributed by atoms with E-state index in [-0.39, 0.29) is 0 Å². The van der Waals surface area contributed by atoms with Gasteiger partial charge < -0.3 is 8.83 Å². The van der Waals surface area contributed by atoms with E-state index in [2.05, 4.69) is 140 Å². The van der Waals surface area contributed by atoms with Crippen molar-refractivity contribution >= 4 is 76.2 Å². The van der Waals surface area contributed by atoms with Gasteiger partial charge >= 0.3 is 0 Å². The summed E-state index contributed by atoms with van der Waals surface area (Å²) in [5.74, 6) is 0. The van der Waals surface area contributed by atoms with E-state index in [4.69, 9.17) is 8.83 Å². The van der Waals surface area contributed by atoms with E-state index in [9.17, 15) is 0 Å². The number of hydrogen-bond donors (Lipinski definition) is 0. The molecule has 0 aliphatic carbocycles. The lowest BCUT2D eigenvalue weighted by atomic mass is 9.84. The molecule has 0 saturated carbocycles. The van der Waals surface area contributed by atoms with Crippen LogP contribution in [0.3, 0.4) is 0 Å². The Labute approximate surface area is 252 Å². The summed E-state index contributed by atoms with van der Waals surface area (Å²) >= 11 is 0. The number of fused-ring (bicyclic) bond motifs is 10. The monoisotopic (exact) mass is 560 g/mol. The van der Waals surface area contributed by atoms with Crippen molar-refractivity contribution in [1.29, 1.82) is 0 Å². The standard InChI is InChI=1S/C42H24O2/c1-2-12-25(13-3-1)38-28-16-6-8-18-30(28)39(31-19-9-7-17-29(31)38)35-24-34-33-22-26-14-4-5-15-27(26)23-37(33)44-41(34)42-40(35)32-20-10-11-21-36(32)43-42/h1-24H. The minimum Gasteiger partial charge on any atom is -0.452 e. The number of rotatable bonds is 2. The fraction of sp³-hybridized carbons (Fsp3) is 0. The van der Waals surface area contributed by atoms with Gasteiger partial charge in [0, 0.05) is 21.5 Å². The van der Waals surface area contributed by atoms with E-state index in [0.29, 0.717) is 0 Å². The quantitative estimate of drug-likeness (QED) is 0.197. The lowest BCUT2D eigenvalue weighted by Gasteiger charge is -2.18.